The Morgan fingerprint density at radius 1 is 1.21 bits per heavy atom. The van der Waals surface area contributed by atoms with Crippen LogP contribution < -0.4 is 15.8 Å². The second-order valence-electron chi connectivity index (χ2n) is 7.87. The Morgan fingerprint density at radius 3 is 2.55 bits per heavy atom. The number of hydrogen-bond donors (Lipinski definition) is 2. The number of anilines is 1. The largest absolute Gasteiger partial charge is 0.437 e. The molecule has 2 heterocycles. The number of nitrogens with two attached hydrogens (primary N) is 1. The summed E-state index contributed by atoms with van der Waals surface area (Å²) in [6.07, 6.45) is 4.98. The van der Waals surface area contributed by atoms with Gasteiger partial charge < -0.3 is 20.7 Å². The highest BCUT2D eigenvalue weighted by Crippen LogP contribution is 2.33. The van der Waals surface area contributed by atoms with Crippen LogP contribution in [0.4, 0.5) is 5.69 Å². The first kappa shape index (κ1) is 20.7. The molecule has 1 aromatic heterocycles. The topological polar surface area (TPSA) is 110 Å². The van der Waals surface area contributed by atoms with Gasteiger partial charge in [0, 0.05) is 44.0 Å². The molecule has 8 nitrogen and oxygen atoms in total. The van der Waals surface area contributed by atoms with Crippen molar-refractivity contribution in [3.63, 3.8) is 0 Å². The van der Waals surface area contributed by atoms with Gasteiger partial charge in [0.2, 0.25) is 17.7 Å². The van der Waals surface area contributed by atoms with Crippen molar-refractivity contribution in [2.24, 2.45) is 5.73 Å². The minimum atomic E-state index is -0.904. The van der Waals surface area contributed by atoms with Gasteiger partial charge in [-0.2, -0.15) is 0 Å². The summed E-state index contributed by atoms with van der Waals surface area (Å²) in [6, 6.07) is 7.04. The second-order valence-corrected chi connectivity index (χ2v) is 7.87. The molecule has 8 heteroatoms. The zero-order valence-electron chi connectivity index (χ0n) is 17.0. The van der Waals surface area contributed by atoms with Crippen molar-refractivity contribution in [2.45, 2.75) is 45.1 Å². The van der Waals surface area contributed by atoms with Crippen LogP contribution in [0, 0.1) is 0 Å². The molecule has 3 rings (SSSR count). The molecule has 1 fully saturated rings. The van der Waals surface area contributed by atoms with Crippen LogP contribution in [-0.4, -0.2) is 45.3 Å². The molecule has 154 valence electrons. The molecule has 2 aromatic rings. The Bertz CT molecular complexity index is 877. The van der Waals surface area contributed by atoms with Crippen molar-refractivity contribution in [3.8, 4) is 11.6 Å². The SMILES string of the molecule is CC(=O)Nc1ccc(Oc2nccnc2C2CCCN(C(=O)C(C)(C)N)C2)cc1. The molecule has 0 aliphatic carbocycles. The van der Waals surface area contributed by atoms with Crippen molar-refractivity contribution < 1.29 is 14.3 Å². The Hall–Kier alpha value is -3.00. The normalized spacial score (nSPS) is 17.0. The molecule has 3 N–H and O–H groups in total. The summed E-state index contributed by atoms with van der Waals surface area (Å²) in [5.74, 6) is 0.838. The van der Waals surface area contributed by atoms with Crippen molar-refractivity contribution >= 4 is 17.5 Å². The Balaban J connectivity index is 1.76. The summed E-state index contributed by atoms with van der Waals surface area (Å²) in [4.78, 5) is 34.4. The molecule has 1 aliphatic rings. The predicted molar refractivity (Wildman–Crippen MR) is 110 cm³/mol. The van der Waals surface area contributed by atoms with Crippen LogP contribution >= 0.6 is 0 Å². The molecule has 1 atom stereocenters. The molecule has 1 aliphatic heterocycles. The third-order valence-corrected chi connectivity index (χ3v) is 4.73. The summed E-state index contributed by atoms with van der Waals surface area (Å²) in [7, 11) is 0. The zero-order valence-corrected chi connectivity index (χ0v) is 17.0. The summed E-state index contributed by atoms with van der Waals surface area (Å²) in [5, 5.41) is 2.72. The van der Waals surface area contributed by atoms with E-state index in [1.807, 2.05) is 0 Å². The third kappa shape index (κ3) is 5.29. The molecular formula is C21H27N5O3. The first-order chi connectivity index (χ1) is 13.7. The van der Waals surface area contributed by atoms with Gasteiger partial charge in [0.1, 0.15) is 11.4 Å². The van der Waals surface area contributed by atoms with E-state index >= 15 is 0 Å². The van der Waals surface area contributed by atoms with Crippen LogP contribution in [-0.2, 0) is 9.59 Å². The molecule has 1 unspecified atom stereocenters. The van der Waals surface area contributed by atoms with E-state index in [4.69, 9.17) is 10.5 Å². The van der Waals surface area contributed by atoms with Gasteiger partial charge in [-0.25, -0.2) is 4.98 Å². The molecule has 1 aromatic carbocycles. The lowest BCUT2D eigenvalue weighted by Gasteiger charge is -2.36. The number of carbonyl (C=O) groups excluding carboxylic acids is 2. The first-order valence-electron chi connectivity index (χ1n) is 9.68. The lowest BCUT2D eigenvalue weighted by Crippen LogP contribution is -2.53. The van der Waals surface area contributed by atoms with Gasteiger partial charge in [0.25, 0.3) is 0 Å². The average molecular weight is 397 g/mol. The number of ether oxygens (including phenoxy) is 1. The smallest absolute Gasteiger partial charge is 0.242 e. The Morgan fingerprint density at radius 2 is 1.90 bits per heavy atom. The van der Waals surface area contributed by atoms with E-state index in [1.54, 1.807) is 55.4 Å². The van der Waals surface area contributed by atoms with Gasteiger partial charge in [0.15, 0.2) is 0 Å². The maximum atomic E-state index is 12.6. The fourth-order valence-electron chi connectivity index (χ4n) is 3.41. The Labute approximate surface area is 170 Å². The molecule has 0 radical (unpaired) electrons. The summed E-state index contributed by atoms with van der Waals surface area (Å²) in [6.45, 7) is 6.13. The maximum Gasteiger partial charge on any atom is 0.242 e. The number of likely N-dealkylation sites (tertiary alicyclic amines) is 1. The van der Waals surface area contributed by atoms with Crippen molar-refractivity contribution in [2.75, 3.05) is 18.4 Å². The molecule has 0 spiro atoms. The lowest BCUT2D eigenvalue weighted by atomic mass is 9.93. The minimum absolute atomic E-state index is 0.0254. The number of piperidine rings is 1. The summed E-state index contributed by atoms with van der Waals surface area (Å²) < 4.78 is 5.97. The maximum absolute atomic E-state index is 12.6. The highest BCUT2D eigenvalue weighted by Gasteiger charge is 2.33. The number of hydrogen-bond acceptors (Lipinski definition) is 6. The fraction of sp³-hybridized carbons (Fsp3) is 0.429. The number of benzene rings is 1. The summed E-state index contributed by atoms with van der Waals surface area (Å²) >= 11 is 0. The van der Waals surface area contributed by atoms with E-state index in [1.165, 1.54) is 6.92 Å². The monoisotopic (exact) mass is 397 g/mol. The van der Waals surface area contributed by atoms with Gasteiger partial charge >= 0.3 is 0 Å². The van der Waals surface area contributed by atoms with E-state index in [0.717, 1.165) is 18.5 Å². The number of nitrogens with one attached hydrogen (secondary N) is 1. The standard InChI is InChI=1S/C21H27N5O3/c1-14(27)25-16-6-8-17(9-7-16)29-19-18(23-10-11-24-19)15-5-4-12-26(13-15)20(28)21(2,3)22/h6-11,15H,4-5,12-13,22H2,1-3H3,(H,25,27). The van der Waals surface area contributed by atoms with Gasteiger partial charge in [-0.1, -0.05) is 0 Å². The van der Waals surface area contributed by atoms with Crippen LogP contribution in [0.15, 0.2) is 36.7 Å². The van der Waals surface area contributed by atoms with E-state index in [0.29, 0.717) is 30.4 Å². The summed E-state index contributed by atoms with van der Waals surface area (Å²) in [5.41, 5.74) is 6.51. The van der Waals surface area contributed by atoms with Crippen LogP contribution in [0.3, 0.4) is 0 Å². The highest BCUT2D eigenvalue weighted by molar-refractivity contribution is 5.88. The van der Waals surface area contributed by atoms with Crippen LogP contribution in [0.5, 0.6) is 11.6 Å². The van der Waals surface area contributed by atoms with Crippen LogP contribution in [0.25, 0.3) is 0 Å². The van der Waals surface area contributed by atoms with Gasteiger partial charge in [-0.3, -0.25) is 14.6 Å². The minimum Gasteiger partial charge on any atom is -0.437 e. The molecule has 1 saturated heterocycles. The fourth-order valence-corrected chi connectivity index (χ4v) is 3.41. The quantitative estimate of drug-likeness (QED) is 0.802. The first-order valence-corrected chi connectivity index (χ1v) is 9.68. The number of carbonyl (C=O) groups is 2. The van der Waals surface area contributed by atoms with Crippen LogP contribution in [0.2, 0.25) is 0 Å². The van der Waals surface area contributed by atoms with Crippen molar-refractivity contribution in [1.29, 1.82) is 0 Å². The van der Waals surface area contributed by atoms with Gasteiger partial charge in [-0.15, -0.1) is 0 Å². The second kappa shape index (κ2) is 8.57. The lowest BCUT2D eigenvalue weighted by molar-refractivity contribution is -0.137. The third-order valence-electron chi connectivity index (χ3n) is 4.73. The van der Waals surface area contributed by atoms with E-state index in [9.17, 15) is 9.59 Å². The van der Waals surface area contributed by atoms with Crippen molar-refractivity contribution in [3.05, 3.63) is 42.4 Å². The van der Waals surface area contributed by atoms with E-state index in [2.05, 4.69) is 15.3 Å². The van der Waals surface area contributed by atoms with Gasteiger partial charge in [0.05, 0.1) is 5.54 Å². The molecule has 2 amide bonds. The average Bonchev–Trinajstić information content (AvgIpc) is 2.68. The molecular weight excluding hydrogens is 370 g/mol. The predicted octanol–water partition coefficient (Wildman–Crippen LogP) is 2.67. The van der Waals surface area contributed by atoms with E-state index < -0.39 is 5.54 Å². The number of amides is 2. The van der Waals surface area contributed by atoms with Crippen molar-refractivity contribution in [1.82, 2.24) is 14.9 Å². The number of rotatable bonds is 5. The van der Waals surface area contributed by atoms with Gasteiger partial charge in [-0.05, 0) is 51.0 Å². The molecule has 0 bridgehead atoms. The van der Waals surface area contributed by atoms with Crippen LogP contribution in [0.1, 0.15) is 45.2 Å². The number of nitrogens with zero attached hydrogens (tertiary/aromatic N) is 3. The molecule has 0 saturated carbocycles. The molecule has 29 heavy (non-hydrogen) atoms. The Kier molecular flexibility index (Phi) is 6.12. The highest BCUT2D eigenvalue weighted by atomic mass is 16.5. The number of aromatic nitrogens is 2. The van der Waals surface area contributed by atoms with E-state index in [-0.39, 0.29) is 17.7 Å². The zero-order chi connectivity index (χ0) is 21.0.